The Morgan fingerprint density at radius 2 is 1.73 bits per heavy atom. The summed E-state index contributed by atoms with van der Waals surface area (Å²) < 4.78 is 5.56. The maximum absolute atomic E-state index is 11.9. The number of rotatable bonds is 6. The topological polar surface area (TPSA) is 53.9 Å². The highest BCUT2D eigenvalue weighted by Crippen LogP contribution is 2.15. The standard InChI is InChI=1S/C21H25N3O2/c1-17(23-24-14-6-3-7-15-24)18-10-12-20(13-11-18)26-16-21(25)22-19-8-4-2-5-9-19/h2,4-5,8-13H,3,6-7,14-16H2,1H3,(H,22,25)/b23-17-. The van der Waals surface area contributed by atoms with Crippen LogP contribution in [0.2, 0.25) is 0 Å². The van der Waals surface area contributed by atoms with Crippen LogP contribution in [-0.2, 0) is 4.79 Å². The molecule has 3 rings (SSSR count). The molecule has 0 unspecified atom stereocenters. The van der Waals surface area contributed by atoms with Crippen LogP contribution in [-0.4, -0.2) is 36.3 Å². The van der Waals surface area contributed by atoms with E-state index >= 15 is 0 Å². The van der Waals surface area contributed by atoms with Crippen LogP contribution in [0.3, 0.4) is 0 Å². The number of para-hydroxylation sites is 1. The largest absolute Gasteiger partial charge is 0.484 e. The first kappa shape index (κ1) is 18.0. The van der Waals surface area contributed by atoms with Crippen molar-refractivity contribution in [1.29, 1.82) is 0 Å². The fraction of sp³-hybridized carbons (Fsp3) is 0.333. The Balaban J connectivity index is 1.51. The van der Waals surface area contributed by atoms with E-state index in [9.17, 15) is 4.79 Å². The van der Waals surface area contributed by atoms with Crippen LogP contribution >= 0.6 is 0 Å². The van der Waals surface area contributed by atoms with Gasteiger partial charge in [0.2, 0.25) is 0 Å². The van der Waals surface area contributed by atoms with Crippen molar-refractivity contribution in [3.63, 3.8) is 0 Å². The van der Waals surface area contributed by atoms with Crippen LogP contribution in [0.1, 0.15) is 31.7 Å². The Labute approximate surface area is 154 Å². The van der Waals surface area contributed by atoms with Crippen molar-refractivity contribution in [3.8, 4) is 5.75 Å². The van der Waals surface area contributed by atoms with Gasteiger partial charge in [-0.25, -0.2) is 0 Å². The molecule has 2 aromatic carbocycles. The summed E-state index contributed by atoms with van der Waals surface area (Å²) in [6.07, 6.45) is 3.73. The zero-order chi connectivity index (χ0) is 18.2. The molecule has 0 aliphatic carbocycles. The van der Waals surface area contributed by atoms with Crippen LogP contribution in [0.4, 0.5) is 5.69 Å². The van der Waals surface area contributed by atoms with Crippen molar-refractivity contribution in [3.05, 3.63) is 60.2 Å². The molecule has 0 saturated carbocycles. The van der Waals surface area contributed by atoms with Crippen molar-refractivity contribution >= 4 is 17.3 Å². The Bertz CT molecular complexity index is 736. The number of nitrogens with one attached hydrogen (secondary N) is 1. The molecule has 1 N–H and O–H groups in total. The Hall–Kier alpha value is -2.82. The van der Waals surface area contributed by atoms with Crippen molar-refractivity contribution in [1.82, 2.24) is 5.01 Å². The molecule has 1 aliphatic heterocycles. The van der Waals surface area contributed by atoms with Gasteiger partial charge in [-0.15, -0.1) is 0 Å². The lowest BCUT2D eigenvalue weighted by Crippen LogP contribution is -2.25. The summed E-state index contributed by atoms with van der Waals surface area (Å²) in [5.74, 6) is 0.492. The van der Waals surface area contributed by atoms with Gasteiger partial charge < -0.3 is 10.1 Å². The highest BCUT2D eigenvalue weighted by atomic mass is 16.5. The first-order valence-electron chi connectivity index (χ1n) is 9.09. The molecular weight excluding hydrogens is 326 g/mol. The quantitative estimate of drug-likeness (QED) is 0.803. The zero-order valence-electron chi connectivity index (χ0n) is 15.1. The molecule has 0 aromatic heterocycles. The number of hydrogen-bond acceptors (Lipinski definition) is 4. The van der Waals surface area contributed by atoms with Crippen LogP contribution in [0.15, 0.2) is 59.7 Å². The van der Waals surface area contributed by atoms with Gasteiger partial charge >= 0.3 is 0 Å². The number of carbonyl (C=O) groups is 1. The van der Waals surface area contributed by atoms with E-state index in [-0.39, 0.29) is 12.5 Å². The second-order valence-electron chi connectivity index (χ2n) is 6.43. The second-order valence-corrected chi connectivity index (χ2v) is 6.43. The summed E-state index contributed by atoms with van der Waals surface area (Å²) >= 11 is 0. The van der Waals surface area contributed by atoms with Gasteiger partial charge in [0.15, 0.2) is 6.61 Å². The number of ether oxygens (including phenoxy) is 1. The van der Waals surface area contributed by atoms with E-state index < -0.39 is 0 Å². The number of hydrogen-bond donors (Lipinski definition) is 1. The lowest BCUT2D eigenvalue weighted by molar-refractivity contribution is -0.118. The molecule has 26 heavy (non-hydrogen) atoms. The average Bonchev–Trinajstić information content (AvgIpc) is 2.68. The van der Waals surface area contributed by atoms with Gasteiger partial charge in [-0.05, 0) is 68.1 Å². The minimum absolute atomic E-state index is 0.0188. The molecule has 5 heteroatoms. The third kappa shape index (κ3) is 5.34. The highest BCUT2D eigenvalue weighted by molar-refractivity contribution is 5.98. The van der Waals surface area contributed by atoms with E-state index in [0.29, 0.717) is 5.75 Å². The molecule has 1 saturated heterocycles. The highest BCUT2D eigenvalue weighted by Gasteiger charge is 2.09. The minimum Gasteiger partial charge on any atom is -0.484 e. The number of nitrogens with zero attached hydrogens (tertiary/aromatic N) is 2. The Morgan fingerprint density at radius 1 is 1.04 bits per heavy atom. The van der Waals surface area contributed by atoms with Gasteiger partial charge in [0, 0.05) is 18.8 Å². The zero-order valence-corrected chi connectivity index (χ0v) is 15.1. The van der Waals surface area contributed by atoms with E-state index in [1.54, 1.807) is 0 Å². The Morgan fingerprint density at radius 3 is 2.42 bits per heavy atom. The molecule has 1 heterocycles. The maximum atomic E-state index is 11.9. The first-order valence-corrected chi connectivity index (χ1v) is 9.09. The molecule has 0 atom stereocenters. The number of hydrazone groups is 1. The van der Waals surface area contributed by atoms with Crippen LogP contribution in [0.5, 0.6) is 5.75 Å². The van der Waals surface area contributed by atoms with Crippen molar-refractivity contribution in [2.45, 2.75) is 26.2 Å². The summed E-state index contributed by atoms with van der Waals surface area (Å²) in [6, 6.07) is 17.1. The molecule has 1 amide bonds. The predicted octanol–water partition coefficient (Wildman–Crippen LogP) is 3.91. The van der Waals surface area contributed by atoms with Crippen molar-refractivity contribution in [2.24, 2.45) is 5.10 Å². The monoisotopic (exact) mass is 351 g/mol. The molecule has 1 fully saturated rings. The van der Waals surface area contributed by atoms with E-state index in [4.69, 9.17) is 9.84 Å². The van der Waals surface area contributed by atoms with Gasteiger partial charge in [0.1, 0.15) is 5.75 Å². The van der Waals surface area contributed by atoms with E-state index in [2.05, 4.69) is 10.3 Å². The molecule has 0 bridgehead atoms. The number of anilines is 1. The lowest BCUT2D eigenvalue weighted by Gasteiger charge is -2.24. The minimum atomic E-state index is -0.178. The summed E-state index contributed by atoms with van der Waals surface area (Å²) in [5.41, 5.74) is 2.83. The number of benzene rings is 2. The van der Waals surface area contributed by atoms with Crippen molar-refractivity contribution < 1.29 is 9.53 Å². The summed E-state index contributed by atoms with van der Waals surface area (Å²) in [7, 11) is 0. The maximum Gasteiger partial charge on any atom is 0.262 e. The molecule has 2 aromatic rings. The van der Waals surface area contributed by atoms with Crippen molar-refractivity contribution in [2.75, 3.05) is 25.0 Å². The fourth-order valence-electron chi connectivity index (χ4n) is 2.91. The third-order valence-electron chi connectivity index (χ3n) is 4.32. The third-order valence-corrected chi connectivity index (χ3v) is 4.32. The SMILES string of the molecule is C/C(=N/N1CCCCC1)c1ccc(OCC(=O)Nc2ccccc2)cc1. The molecule has 0 spiro atoms. The molecule has 0 radical (unpaired) electrons. The van der Waals surface area contributed by atoms with Crippen LogP contribution < -0.4 is 10.1 Å². The van der Waals surface area contributed by atoms with Crippen LogP contribution in [0, 0.1) is 0 Å². The molecule has 5 nitrogen and oxygen atoms in total. The van der Waals surface area contributed by atoms with E-state index in [1.165, 1.54) is 19.3 Å². The van der Waals surface area contributed by atoms with E-state index in [0.717, 1.165) is 30.1 Å². The van der Waals surface area contributed by atoms with Gasteiger partial charge in [-0.1, -0.05) is 18.2 Å². The lowest BCUT2D eigenvalue weighted by atomic mass is 10.1. The molecule has 136 valence electrons. The normalized spacial score (nSPS) is 14.8. The van der Waals surface area contributed by atoms with Gasteiger partial charge in [0.05, 0.1) is 5.71 Å². The van der Waals surface area contributed by atoms with Gasteiger partial charge in [0.25, 0.3) is 5.91 Å². The molecule has 1 aliphatic rings. The average molecular weight is 351 g/mol. The first-order chi connectivity index (χ1) is 12.7. The van der Waals surface area contributed by atoms with E-state index in [1.807, 2.05) is 61.5 Å². The van der Waals surface area contributed by atoms with Gasteiger partial charge in [-0.2, -0.15) is 5.10 Å². The van der Waals surface area contributed by atoms with Crippen LogP contribution in [0.25, 0.3) is 0 Å². The number of piperidine rings is 1. The summed E-state index contributed by atoms with van der Waals surface area (Å²) in [4.78, 5) is 11.9. The van der Waals surface area contributed by atoms with Gasteiger partial charge in [-0.3, -0.25) is 9.80 Å². The predicted molar refractivity (Wildman–Crippen MR) is 105 cm³/mol. The summed E-state index contributed by atoms with van der Waals surface area (Å²) in [5, 5.41) is 9.65. The summed E-state index contributed by atoms with van der Waals surface area (Å²) in [6.45, 7) is 4.08. The molecular formula is C21H25N3O2. The Kier molecular flexibility index (Phi) is 6.25. The number of carbonyl (C=O) groups excluding carboxylic acids is 1. The second kappa shape index (κ2) is 9.04. The smallest absolute Gasteiger partial charge is 0.262 e. The number of amides is 1. The fourth-order valence-corrected chi connectivity index (χ4v) is 2.91.